The number of carbonyl (C=O) groups excluding carboxylic acids is 1. The molecule has 0 aliphatic heterocycles. The van der Waals surface area contributed by atoms with Crippen LogP contribution in [0.1, 0.15) is 27.2 Å². The van der Waals surface area contributed by atoms with Gasteiger partial charge < -0.3 is 15.7 Å². The van der Waals surface area contributed by atoms with E-state index in [9.17, 15) is 4.79 Å². The maximum atomic E-state index is 11.5. The maximum absolute atomic E-state index is 11.5. The standard InChI is InChI=1S/C9H20N2O2/c1-4-11-9(2,3)8(13)10-6-5-7-12/h11-12H,4-7H2,1-3H3,(H,10,13). The Morgan fingerprint density at radius 3 is 2.54 bits per heavy atom. The highest BCUT2D eigenvalue weighted by Crippen LogP contribution is 2.00. The van der Waals surface area contributed by atoms with Crippen molar-refractivity contribution >= 4 is 5.91 Å². The highest BCUT2D eigenvalue weighted by atomic mass is 16.3. The smallest absolute Gasteiger partial charge is 0.239 e. The van der Waals surface area contributed by atoms with Crippen LogP contribution in [0.5, 0.6) is 0 Å². The number of rotatable bonds is 6. The molecule has 0 saturated carbocycles. The lowest BCUT2D eigenvalue weighted by Gasteiger charge is -2.24. The van der Waals surface area contributed by atoms with Gasteiger partial charge >= 0.3 is 0 Å². The molecule has 0 aromatic heterocycles. The van der Waals surface area contributed by atoms with Crippen molar-refractivity contribution in [3.63, 3.8) is 0 Å². The molecular formula is C9H20N2O2. The zero-order valence-corrected chi connectivity index (χ0v) is 8.68. The zero-order chi connectivity index (χ0) is 10.3. The van der Waals surface area contributed by atoms with Crippen LogP contribution >= 0.6 is 0 Å². The van der Waals surface area contributed by atoms with E-state index in [4.69, 9.17) is 5.11 Å². The van der Waals surface area contributed by atoms with E-state index in [0.717, 1.165) is 6.54 Å². The summed E-state index contributed by atoms with van der Waals surface area (Å²) in [6.07, 6.45) is 0.605. The van der Waals surface area contributed by atoms with Crippen molar-refractivity contribution < 1.29 is 9.90 Å². The molecule has 0 fully saturated rings. The van der Waals surface area contributed by atoms with Gasteiger partial charge in [-0.05, 0) is 26.8 Å². The molecule has 0 aliphatic rings. The fourth-order valence-electron chi connectivity index (χ4n) is 1.02. The van der Waals surface area contributed by atoms with Crippen molar-refractivity contribution in [2.45, 2.75) is 32.7 Å². The van der Waals surface area contributed by atoms with Gasteiger partial charge in [0.05, 0.1) is 5.54 Å². The van der Waals surface area contributed by atoms with Crippen molar-refractivity contribution in [2.24, 2.45) is 0 Å². The van der Waals surface area contributed by atoms with E-state index in [1.807, 2.05) is 20.8 Å². The second-order valence-corrected chi connectivity index (χ2v) is 3.49. The number of nitrogens with one attached hydrogen (secondary N) is 2. The molecule has 0 bridgehead atoms. The molecule has 0 radical (unpaired) electrons. The van der Waals surface area contributed by atoms with Crippen molar-refractivity contribution in [3.05, 3.63) is 0 Å². The Morgan fingerprint density at radius 1 is 1.46 bits per heavy atom. The predicted molar refractivity (Wildman–Crippen MR) is 52.5 cm³/mol. The fraction of sp³-hybridized carbons (Fsp3) is 0.889. The minimum absolute atomic E-state index is 0.0252. The van der Waals surface area contributed by atoms with E-state index in [2.05, 4.69) is 10.6 Å². The van der Waals surface area contributed by atoms with Crippen molar-refractivity contribution in [1.82, 2.24) is 10.6 Å². The van der Waals surface area contributed by atoms with Gasteiger partial charge in [0, 0.05) is 13.2 Å². The largest absolute Gasteiger partial charge is 0.396 e. The summed E-state index contributed by atoms with van der Waals surface area (Å²) in [5.41, 5.74) is -0.524. The molecule has 0 atom stereocenters. The molecule has 0 aliphatic carbocycles. The number of aliphatic hydroxyl groups excluding tert-OH is 1. The van der Waals surface area contributed by atoms with Crippen LogP contribution in [0, 0.1) is 0 Å². The third-order valence-corrected chi connectivity index (χ3v) is 1.81. The second kappa shape index (κ2) is 5.94. The summed E-state index contributed by atoms with van der Waals surface area (Å²) in [4.78, 5) is 11.5. The van der Waals surface area contributed by atoms with Crippen LogP contribution in [-0.2, 0) is 4.79 Å². The second-order valence-electron chi connectivity index (χ2n) is 3.49. The van der Waals surface area contributed by atoms with E-state index in [1.165, 1.54) is 0 Å². The SMILES string of the molecule is CCNC(C)(C)C(=O)NCCCO. The van der Waals surface area contributed by atoms with Gasteiger partial charge in [-0.3, -0.25) is 4.79 Å². The third-order valence-electron chi connectivity index (χ3n) is 1.81. The third kappa shape index (κ3) is 4.85. The average Bonchev–Trinajstić information content (AvgIpc) is 2.04. The molecule has 0 aromatic rings. The molecule has 0 heterocycles. The van der Waals surface area contributed by atoms with Gasteiger partial charge in [-0.15, -0.1) is 0 Å². The van der Waals surface area contributed by atoms with E-state index < -0.39 is 5.54 Å². The Bertz CT molecular complexity index is 158. The molecule has 0 rings (SSSR count). The summed E-state index contributed by atoms with van der Waals surface area (Å²) in [6.45, 7) is 7.05. The molecule has 1 amide bonds. The molecule has 0 aromatic carbocycles. The average molecular weight is 188 g/mol. The number of likely N-dealkylation sites (N-methyl/N-ethyl adjacent to an activating group) is 1. The first-order chi connectivity index (χ1) is 6.04. The van der Waals surface area contributed by atoms with Crippen LogP contribution in [0.4, 0.5) is 0 Å². The van der Waals surface area contributed by atoms with E-state index in [-0.39, 0.29) is 12.5 Å². The summed E-state index contributed by atoms with van der Waals surface area (Å²) < 4.78 is 0. The molecule has 13 heavy (non-hydrogen) atoms. The predicted octanol–water partition coefficient (Wildman–Crippen LogP) is -0.127. The summed E-state index contributed by atoms with van der Waals surface area (Å²) in [5, 5.41) is 14.3. The minimum Gasteiger partial charge on any atom is -0.396 e. The molecule has 78 valence electrons. The van der Waals surface area contributed by atoms with E-state index >= 15 is 0 Å². The van der Waals surface area contributed by atoms with Gasteiger partial charge in [-0.1, -0.05) is 6.92 Å². The van der Waals surface area contributed by atoms with Crippen LogP contribution in [0.15, 0.2) is 0 Å². The molecule has 4 heteroatoms. The van der Waals surface area contributed by atoms with Gasteiger partial charge in [0.2, 0.25) is 5.91 Å². The summed E-state index contributed by atoms with van der Waals surface area (Å²) in [5.74, 6) is -0.0252. The van der Waals surface area contributed by atoms with Crippen LogP contribution < -0.4 is 10.6 Å². The monoisotopic (exact) mass is 188 g/mol. The first kappa shape index (κ1) is 12.4. The van der Waals surface area contributed by atoms with Crippen molar-refractivity contribution in [1.29, 1.82) is 0 Å². The van der Waals surface area contributed by atoms with E-state index in [0.29, 0.717) is 13.0 Å². The van der Waals surface area contributed by atoms with E-state index in [1.54, 1.807) is 0 Å². The van der Waals surface area contributed by atoms with Gasteiger partial charge in [0.1, 0.15) is 0 Å². The van der Waals surface area contributed by atoms with Gasteiger partial charge in [0.15, 0.2) is 0 Å². The molecule has 0 spiro atoms. The highest BCUT2D eigenvalue weighted by molar-refractivity contribution is 5.85. The van der Waals surface area contributed by atoms with Crippen LogP contribution in [0.2, 0.25) is 0 Å². The Morgan fingerprint density at radius 2 is 2.08 bits per heavy atom. The molecule has 0 unspecified atom stereocenters. The van der Waals surface area contributed by atoms with Crippen molar-refractivity contribution in [3.8, 4) is 0 Å². The lowest BCUT2D eigenvalue weighted by molar-refractivity contribution is -0.126. The quantitative estimate of drug-likeness (QED) is 0.509. The number of carbonyl (C=O) groups is 1. The molecule has 3 N–H and O–H groups in total. The van der Waals surface area contributed by atoms with Gasteiger partial charge in [-0.2, -0.15) is 0 Å². The molecule has 4 nitrogen and oxygen atoms in total. The molecule has 0 saturated heterocycles. The number of hydrogen-bond donors (Lipinski definition) is 3. The fourth-order valence-corrected chi connectivity index (χ4v) is 1.02. The minimum atomic E-state index is -0.524. The van der Waals surface area contributed by atoms with Crippen molar-refractivity contribution in [2.75, 3.05) is 19.7 Å². The van der Waals surface area contributed by atoms with Gasteiger partial charge in [-0.25, -0.2) is 0 Å². The first-order valence-electron chi connectivity index (χ1n) is 4.68. The summed E-state index contributed by atoms with van der Waals surface area (Å²) >= 11 is 0. The summed E-state index contributed by atoms with van der Waals surface area (Å²) in [6, 6.07) is 0. The topological polar surface area (TPSA) is 61.4 Å². The Balaban J connectivity index is 3.80. The number of amides is 1. The van der Waals surface area contributed by atoms with Crippen LogP contribution in [0.25, 0.3) is 0 Å². The Kier molecular flexibility index (Phi) is 5.66. The van der Waals surface area contributed by atoms with Crippen LogP contribution in [-0.4, -0.2) is 36.2 Å². The van der Waals surface area contributed by atoms with Gasteiger partial charge in [0.25, 0.3) is 0 Å². The Hall–Kier alpha value is -0.610. The molecular weight excluding hydrogens is 168 g/mol. The number of hydrogen-bond acceptors (Lipinski definition) is 3. The lowest BCUT2D eigenvalue weighted by atomic mass is 10.0. The van der Waals surface area contributed by atoms with Crippen LogP contribution in [0.3, 0.4) is 0 Å². The highest BCUT2D eigenvalue weighted by Gasteiger charge is 2.25. The Labute approximate surface area is 79.7 Å². The first-order valence-corrected chi connectivity index (χ1v) is 4.68. The lowest BCUT2D eigenvalue weighted by Crippen LogP contribution is -2.52. The normalized spacial score (nSPS) is 11.4. The zero-order valence-electron chi connectivity index (χ0n) is 8.68. The maximum Gasteiger partial charge on any atom is 0.239 e. The number of aliphatic hydroxyl groups is 1. The summed E-state index contributed by atoms with van der Waals surface area (Å²) in [7, 11) is 0.